The van der Waals surface area contributed by atoms with Gasteiger partial charge in [0.25, 0.3) is 0 Å². The summed E-state index contributed by atoms with van der Waals surface area (Å²) in [6.45, 7) is -5.10. The van der Waals surface area contributed by atoms with Gasteiger partial charge >= 0.3 is 12.7 Å². The summed E-state index contributed by atoms with van der Waals surface area (Å²) >= 11 is 0. The summed E-state index contributed by atoms with van der Waals surface area (Å²) in [6.07, 6.45) is -4.42. The smallest absolute Gasteiger partial charge is 0.314 e. The maximum absolute atomic E-state index is 11.1. The van der Waals surface area contributed by atoms with Crippen LogP contribution in [-0.2, 0) is 9.84 Å². The van der Waals surface area contributed by atoms with Crippen LogP contribution in [0.5, 0.6) is 0 Å². The van der Waals surface area contributed by atoms with Crippen LogP contribution in [0.1, 0.15) is 0 Å². The molecule has 2 nitrogen and oxygen atoms in total. The normalized spacial score (nSPS) is 12.7. The molecule has 0 spiro atoms. The van der Waals surface area contributed by atoms with Gasteiger partial charge in [-0.3, -0.25) is 0 Å². The molecule has 0 aromatic heterocycles. The van der Waals surface area contributed by atoms with Crippen molar-refractivity contribution in [1.82, 2.24) is 0 Å². The quantitative estimate of drug-likeness (QED) is 0.552. The molecular weight excluding hydrogens is 144 g/mol. The van der Waals surface area contributed by atoms with Gasteiger partial charge in [0.2, 0.25) is 0 Å². The fourth-order valence-electron chi connectivity index (χ4n) is 0.160. The standard InChI is InChI=1S/C3H3F4O2/c4-2(5)9-1-3(6,7)8/h2H,1H2. The minimum absolute atomic E-state index is 1.79. The molecule has 1 radical (unpaired) electrons. The molecule has 0 aliphatic rings. The Morgan fingerprint density at radius 3 is 2.00 bits per heavy atom. The zero-order chi connectivity index (χ0) is 7.49. The maximum Gasteiger partial charge on any atom is 0.404 e. The average Bonchev–Trinajstić information content (AvgIpc) is 1.59. The van der Waals surface area contributed by atoms with E-state index in [0.29, 0.717) is 0 Å². The molecule has 0 amide bonds. The first-order chi connectivity index (χ1) is 3.92. The molecule has 0 atom stereocenters. The van der Waals surface area contributed by atoms with E-state index in [1.807, 2.05) is 0 Å². The molecule has 0 bridgehead atoms. The molecular formula is C3H3F4O2. The van der Waals surface area contributed by atoms with Crippen LogP contribution in [-0.4, -0.2) is 19.3 Å². The number of hydrogen-bond acceptors (Lipinski definition) is 1. The first-order valence-electron chi connectivity index (χ1n) is 1.90. The van der Waals surface area contributed by atoms with Crippen molar-refractivity contribution in [1.29, 1.82) is 0 Å². The minimum Gasteiger partial charge on any atom is -0.314 e. The van der Waals surface area contributed by atoms with Gasteiger partial charge < -0.3 is 4.74 Å². The van der Waals surface area contributed by atoms with Gasteiger partial charge in [-0.25, -0.2) is 0 Å². The van der Waals surface area contributed by atoms with Gasteiger partial charge in [-0.2, -0.15) is 22.7 Å². The first-order valence-corrected chi connectivity index (χ1v) is 1.90. The van der Waals surface area contributed by atoms with Crippen LogP contribution in [0.25, 0.3) is 0 Å². The summed E-state index contributed by atoms with van der Waals surface area (Å²) in [5.41, 5.74) is 0. The number of hydrogen-bond donors (Lipinski definition) is 0. The number of ether oxygens (including phenoxy) is 1. The van der Waals surface area contributed by atoms with E-state index in [2.05, 4.69) is 4.74 Å². The third-order valence-corrected chi connectivity index (χ3v) is 0.377. The van der Waals surface area contributed by atoms with Crippen LogP contribution in [0.4, 0.5) is 17.6 Å². The minimum atomic E-state index is -4.42. The average molecular weight is 147 g/mol. The highest BCUT2D eigenvalue weighted by Gasteiger charge is 2.28. The van der Waals surface area contributed by atoms with Crippen LogP contribution in [0, 0.1) is 0 Å². The molecule has 0 aromatic carbocycles. The van der Waals surface area contributed by atoms with E-state index in [4.69, 9.17) is 0 Å². The van der Waals surface area contributed by atoms with E-state index in [9.17, 15) is 22.7 Å². The molecule has 0 aliphatic carbocycles. The van der Waals surface area contributed by atoms with E-state index >= 15 is 0 Å². The Balaban J connectivity index is 3.28. The van der Waals surface area contributed by atoms with Crippen molar-refractivity contribution < 1.29 is 27.4 Å². The van der Waals surface area contributed by atoms with E-state index in [0.717, 1.165) is 0 Å². The zero-order valence-electron chi connectivity index (χ0n) is 4.11. The first kappa shape index (κ1) is 8.64. The van der Waals surface area contributed by atoms with Crippen molar-refractivity contribution in [2.75, 3.05) is 6.61 Å². The molecule has 0 aliphatic heterocycles. The highest BCUT2D eigenvalue weighted by atomic mass is 19.3. The van der Waals surface area contributed by atoms with E-state index in [1.54, 1.807) is 0 Å². The lowest BCUT2D eigenvalue weighted by Gasteiger charge is -2.05. The van der Waals surface area contributed by atoms with Crippen molar-refractivity contribution in [2.24, 2.45) is 0 Å². The van der Waals surface area contributed by atoms with Crippen molar-refractivity contribution in [2.45, 2.75) is 12.7 Å². The molecule has 55 valence electrons. The largest absolute Gasteiger partial charge is 0.404 e. The second-order valence-corrected chi connectivity index (χ2v) is 1.21. The Morgan fingerprint density at radius 1 is 1.44 bits per heavy atom. The fraction of sp³-hybridized carbons (Fsp3) is 1.00. The summed E-state index contributed by atoms with van der Waals surface area (Å²) in [7, 11) is 0. The highest BCUT2D eigenvalue weighted by molar-refractivity contribution is 4.41. The molecule has 0 saturated heterocycles. The topological polar surface area (TPSA) is 29.1 Å². The Morgan fingerprint density at radius 2 is 1.89 bits per heavy atom. The van der Waals surface area contributed by atoms with Crippen molar-refractivity contribution in [3.8, 4) is 0 Å². The van der Waals surface area contributed by atoms with Gasteiger partial charge in [-0.05, 0) is 0 Å². The van der Waals surface area contributed by atoms with E-state index in [-0.39, 0.29) is 0 Å². The predicted molar refractivity (Wildman–Crippen MR) is 17.6 cm³/mol. The summed E-state index contributed by atoms with van der Waals surface area (Å²) in [4.78, 5) is 0. The summed E-state index contributed by atoms with van der Waals surface area (Å²) in [5, 5.41) is 9.22. The molecule has 0 aromatic rings. The second-order valence-electron chi connectivity index (χ2n) is 1.21. The van der Waals surface area contributed by atoms with Gasteiger partial charge in [0.05, 0.1) is 0 Å². The lowest BCUT2D eigenvalue weighted by molar-refractivity contribution is -0.294. The van der Waals surface area contributed by atoms with Crippen LogP contribution in [0.3, 0.4) is 0 Å². The maximum atomic E-state index is 11.1. The molecule has 9 heavy (non-hydrogen) atoms. The second kappa shape index (κ2) is 2.98. The Bertz CT molecular complexity index is 78.4. The monoisotopic (exact) mass is 147 g/mol. The van der Waals surface area contributed by atoms with Gasteiger partial charge in [-0.1, -0.05) is 0 Å². The SMILES string of the molecule is [O]C(F)(F)COC(F)F. The Kier molecular flexibility index (Phi) is 2.86. The summed E-state index contributed by atoms with van der Waals surface area (Å²) in [5.74, 6) is 0. The lowest BCUT2D eigenvalue weighted by Crippen LogP contribution is -2.22. The van der Waals surface area contributed by atoms with Gasteiger partial charge in [0.1, 0.15) is 6.61 Å². The van der Waals surface area contributed by atoms with E-state index in [1.165, 1.54) is 0 Å². The third-order valence-electron chi connectivity index (χ3n) is 0.377. The number of rotatable bonds is 3. The van der Waals surface area contributed by atoms with Crippen LogP contribution < -0.4 is 0 Å². The van der Waals surface area contributed by atoms with Crippen molar-refractivity contribution in [3.05, 3.63) is 0 Å². The van der Waals surface area contributed by atoms with Gasteiger partial charge in [0, 0.05) is 0 Å². The molecule has 0 fully saturated rings. The van der Waals surface area contributed by atoms with Crippen LogP contribution in [0.2, 0.25) is 0 Å². The fourth-order valence-corrected chi connectivity index (χ4v) is 0.160. The van der Waals surface area contributed by atoms with Crippen LogP contribution >= 0.6 is 0 Å². The Labute approximate surface area is 48.0 Å². The van der Waals surface area contributed by atoms with Crippen molar-refractivity contribution >= 4 is 0 Å². The molecule has 0 heterocycles. The third kappa shape index (κ3) is 7.64. The zero-order valence-corrected chi connectivity index (χ0v) is 4.11. The van der Waals surface area contributed by atoms with Gasteiger partial charge in [-0.15, -0.1) is 0 Å². The van der Waals surface area contributed by atoms with Gasteiger partial charge in [0.15, 0.2) is 0 Å². The lowest BCUT2D eigenvalue weighted by atomic mass is 10.7. The van der Waals surface area contributed by atoms with Crippen molar-refractivity contribution in [3.63, 3.8) is 0 Å². The molecule has 0 rings (SSSR count). The number of alkyl halides is 4. The Hall–Kier alpha value is -0.360. The molecule has 0 unspecified atom stereocenters. The predicted octanol–water partition coefficient (Wildman–Crippen LogP) is 1.25. The van der Waals surface area contributed by atoms with Crippen LogP contribution in [0.15, 0.2) is 0 Å². The molecule has 0 N–H and O–H groups in total. The molecule has 0 saturated carbocycles. The summed E-state index contributed by atoms with van der Waals surface area (Å²) in [6, 6.07) is 0. The summed E-state index contributed by atoms with van der Waals surface area (Å²) < 4.78 is 46.9. The number of halogens is 4. The highest BCUT2D eigenvalue weighted by Crippen LogP contribution is 2.10. The van der Waals surface area contributed by atoms with E-state index < -0.39 is 19.3 Å². The molecule has 6 heteroatoms.